The highest BCUT2D eigenvalue weighted by atomic mass is 35.5. The molecule has 18 heteroatoms. The van der Waals surface area contributed by atoms with Gasteiger partial charge in [0.1, 0.15) is 6.04 Å². The summed E-state index contributed by atoms with van der Waals surface area (Å²) < 4.78 is 43.6. The lowest BCUT2D eigenvalue weighted by Gasteiger charge is -2.39. The minimum Gasteiger partial charge on any atom is -0.480 e. The van der Waals surface area contributed by atoms with E-state index in [1.807, 2.05) is 12.1 Å². The van der Waals surface area contributed by atoms with Gasteiger partial charge in [0, 0.05) is 28.9 Å². The van der Waals surface area contributed by atoms with Crippen molar-refractivity contribution in [2.75, 3.05) is 23.8 Å². The Morgan fingerprint density at radius 2 is 1.62 bits per heavy atom. The number of aliphatic carboxylic acids is 1. The van der Waals surface area contributed by atoms with Gasteiger partial charge in [-0.2, -0.15) is 28.1 Å². The fourth-order valence-electron chi connectivity index (χ4n) is 6.53. The van der Waals surface area contributed by atoms with Crippen LogP contribution in [0, 0.1) is 11.3 Å². The Kier molecular flexibility index (Phi) is 11.6. The maximum atomic E-state index is 12.9. The second-order valence-corrected chi connectivity index (χ2v) is 14.7. The van der Waals surface area contributed by atoms with E-state index in [-0.39, 0.29) is 28.9 Å². The van der Waals surface area contributed by atoms with Crippen LogP contribution in [0.5, 0.6) is 6.01 Å². The standard InChI is InChI=1S/C35H40ClF3N8O6/c1-19-14-24(16-33(2,3)15-19)41-28(50)27(49)40-17-25(29(51)52)43-26(48)20-4-10-23(11-5-20)42-30-44-31(46-32(45-30)53-18-35(37,38)39)47-34(12-13-34)21-6-8-22(36)9-7-21/h4-11,19,24-25H,12-18H2,1-3H3,(H,40,49)(H,41,50)(H,43,48)(H,51,52)(H2,42,44,45,46,47)/t19?,24?,25-/m0/s1. The van der Waals surface area contributed by atoms with Crippen molar-refractivity contribution < 1.29 is 42.2 Å². The Morgan fingerprint density at radius 1 is 0.962 bits per heavy atom. The van der Waals surface area contributed by atoms with Crippen LogP contribution >= 0.6 is 11.6 Å². The minimum atomic E-state index is -4.64. The number of carboxylic acids is 1. The molecule has 0 radical (unpaired) electrons. The molecule has 2 saturated carbocycles. The molecule has 1 aromatic heterocycles. The lowest BCUT2D eigenvalue weighted by molar-refractivity contribution is -0.154. The van der Waals surface area contributed by atoms with E-state index in [9.17, 15) is 37.5 Å². The highest BCUT2D eigenvalue weighted by molar-refractivity contribution is 6.35. The van der Waals surface area contributed by atoms with Crippen molar-refractivity contribution in [1.82, 2.24) is 30.9 Å². The maximum Gasteiger partial charge on any atom is 0.422 e. The van der Waals surface area contributed by atoms with Crippen molar-refractivity contribution in [3.05, 3.63) is 64.7 Å². The summed E-state index contributed by atoms with van der Waals surface area (Å²) in [6.45, 7) is 4.10. The van der Waals surface area contributed by atoms with Crippen LogP contribution in [0.4, 0.5) is 30.8 Å². The summed E-state index contributed by atoms with van der Waals surface area (Å²) in [5.41, 5.74) is 0.695. The van der Waals surface area contributed by atoms with Crippen LogP contribution in [0.15, 0.2) is 48.5 Å². The van der Waals surface area contributed by atoms with Gasteiger partial charge >= 0.3 is 30.0 Å². The quantitative estimate of drug-likeness (QED) is 0.129. The Labute approximate surface area is 308 Å². The van der Waals surface area contributed by atoms with E-state index in [1.165, 1.54) is 24.3 Å². The van der Waals surface area contributed by atoms with Crippen molar-refractivity contribution >= 4 is 52.9 Å². The molecule has 0 saturated heterocycles. The van der Waals surface area contributed by atoms with E-state index < -0.39 is 60.6 Å². The molecule has 3 aromatic rings. The number of aromatic nitrogens is 3. The molecular weight excluding hydrogens is 721 g/mol. The fourth-order valence-corrected chi connectivity index (χ4v) is 6.66. The van der Waals surface area contributed by atoms with E-state index in [0.29, 0.717) is 35.9 Å². The zero-order valence-electron chi connectivity index (χ0n) is 29.1. The lowest BCUT2D eigenvalue weighted by atomic mass is 9.70. The van der Waals surface area contributed by atoms with E-state index in [0.717, 1.165) is 18.4 Å². The molecule has 2 aliphatic carbocycles. The molecule has 2 fully saturated rings. The zero-order chi connectivity index (χ0) is 38.6. The number of rotatable bonds is 13. The molecular formula is C35H40ClF3N8O6. The Balaban J connectivity index is 1.20. The third kappa shape index (κ3) is 11.2. The first-order valence-corrected chi connectivity index (χ1v) is 17.3. The SMILES string of the molecule is CC1CC(NC(=O)C(=O)NC[C@H](NC(=O)c2ccc(Nc3nc(NC4(c5ccc(Cl)cc5)CC4)nc(OCC(F)(F)F)n3)cc2)C(=O)O)CC(C)(C)C1. The van der Waals surface area contributed by atoms with Gasteiger partial charge in [0.05, 0.1) is 5.54 Å². The summed E-state index contributed by atoms with van der Waals surface area (Å²) in [4.78, 5) is 62.1. The molecule has 3 amide bonds. The molecule has 2 aromatic carbocycles. The second kappa shape index (κ2) is 15.8. The van der Waals surface area contributed by atoms with Crippen LogP contribution < -0.4 is 31.3 Å². The predicted molar refractivity (Wildman–Crippen MR) is 188 cm³/mol. The lowest BCUT2D eigenvalue weighted by Crippen LogP contribution is -2.52. The number of carbonyl (C=O) groups excluding carboxylic acids is 3. The largest absolute Gasteiger partial charge is 0.480 e. The number of nitrogens with zero attached hydrogens (tertiary/aromatic N) is 3. The van der Waals surface area contributed by atoms with Gasteiger partial charge in [-0.3, -0.25) is 14.4 Å². The molecule has 5 rings (SSSR count). The first-order chi connectivity index (χ1) is 24.9. The number of carboxylic acid groups (broad SMARTS) is 1. The summed E-state index contributed by atoms with van der Waals surface area (Å²) in [5.74, 6) is -3.95. The van der Waals surface area contributed by atoms with Crippen molar-refractivity contribution in [2.45, 2.75) is 76.7 Å². The molecule has 6 N–H and O–H groups in total. The van der Waals surface area contributed by atoms with Gasteiger partial charge in [-0.05, 0) is 85.4 Å². The summed E-state index contributed by atoms with van der Waals surface area (Å²) in [6, 6.07) is 10.4. The third-order valence-electron chi connectivity index (χ3n) is 8.88. The van der Waals surface area contributed by atoms with Gasteiger partial charge in [-0.25, -0.2) is 4.79 Å². The molecule has 53 heavy (non-hydrogen) atoms. The highest BCUT2D eigenvalue weighted by Gasteiger charge is 2.45. The number of hydrogen-bond donors (Lipinski definition) is 6. The number of benzene rings is 2. The number of carbonyl (C=O) groups is 4. The Hall–Kier alpha value is -5.19. The van der Waals surface area contributed by atoms with Crippen molar-refractivity contribution in [1.29, 1.82) is 0 Å². The van der Waals surface area contributed by atoms with Gasteiger partial charge in [0.25, 0.3) is 5.91 Å². The van der Waals surface area contributed by atoms with Crippen LogP contribution in [-0.4, -0.2) is 75.2 Å². The third-order valence-corrected chi connectivity index (χ3v) is 9.13. The maximum absolute atomic E-state index is 12.9. The van der Waals surface area contributed by atoms with Gasteiger partial charge in [0.2, 0.25) is 11.9 Å². The molecule has 3 atom stereocenters. The van der Waals surface area contributed by atoms with E-state index >= 15 is 0 Å². The van der Waals surface area contributed by atoms with Crippen LogP contribution in [0.25, 0.3) is 0 Å². The van der Waals surface area contributed by atoms with Gasteiger partial charge in [0.15, 0.2) is 6.61 Å². The molecule has 2 aliphatic rings. The highest BCUT2D eigenvalue weighted by Crippen LogP contribution is 2.48. The van der Waals surface area contributed by atoms with Crippen molar-refractivity contribution in [3.63, 3.8) is 0 Å². The van der Waals surface area contributed by atoms with Crippen molar-refractivity contribution in [3.8, 4) is 6.01 Å². The summed E-state index contributed by atoms with van der Waals surface area (Å²) in [5, 5.41) is 23.6. The number of alkyl halides is 3. The monoisotopic (exact) mass is 760 g/mol. The summed E-state index contributed by atoms with van der Waals surface area (Å²) >= 11 is 6.02. The van der Waals surface area contributed by atoms with E-state index in [1.54, 1.807) is 12.1 Å². The summed E-state index contributed by atoms with van der Waals surface area (Å²) in [7, 11) is 0. The first-order valence-electron chi connectivity index (χ1n) is 16.9. The number of amides is 3. The van der Waals surface area contributed by atoms with E-state index in [4.69, 9.17) is 16.3 Å². The first kappa shape index (κ1) is 39.0. The number of hydrogen-bond acceptors (Lipinski definition) is 10. The number of halogens is 4. The fraction of sp³-hybridized carbons (Fsp3) is 0.457. The van der Waals surface area contributed by atoms with Crippen LogP contribution in [0.1, 0.15) is 68.8 Å². The minimum absolute atomic E-state index is 0.00337. The Morgan fingerprint density at radius 3 is 2.23 bits per heavy atom. The Bertz CT molecular complexity index is 1820. The molecule has 0 spiro atoms. The average molecular weight is 761 g/mol. The normalized spacial score (nSPS) is 19.2. The predicted octanol–water partition coefficient (Wildman–Crippen LogP) is 4.94. The second-order valence-electron chi connectivity index (χ2n) is 14.2. The smallest absolute Gasteiger partial charge is 0.422 e. The molecule has 0 bridgehead atoms. The molecule has 0 aliphatic heterocycles. The zero-order valence-corrected chi connectivity index (χ0v) is 29.9. The van der Waals surface area contributed by atoms with Gasteiger partial charge in [-0.1, -0.05) is 44.5 Å². The molecule has 2 unspecified atom stereocenters. The topological polar surface area (TPSA) is 197 Å². The van der Waals surface area contributed by atoms with Crippen LogP contribution in [-0.2, 0) is 19.9 Å². The van der Waals surface area contributed by atoms with Gasteiger partial charge in [-0.15, -0.1) is 0 Å². The number of ether oxygens (including phenoxy) is 1. The van der Waals surface area contributed by atoms with Crippen molar-refractivity contribution in [2.24, 2.45) is 11.3 Å². The molecule has 1 heterocycles. The van der Waals surface area contributed by atoms with Gasteiger partial charge < -0.3 is 36.4 Å². The van der Waals surface area contributed by atoms with Crippen LogP contribution in [0.3, 0.4) is 0 Å². The average Bonchev–Trinajstić information content (AvgIpc) is 3.84. The number of anilines is 3. The van der Waals surface area contributed by atoms with E-state index in [2.05, 4.69) is 62.3 Å². The molecule has 284 valence electrons. The van der Waals surface area contributed by atoms with Crippen LogP contribution in [0.2, 0.25) is 5.02 Å². The summed E-state index contributed by atoms with van der Waals surface area (Å²) in [6.07, 6.45) is -0.810. The molecule has 14 nitrogen and oxygen atoms in total. The number of nitrogens with one attached hydrogen (secondary N) is 5.